The van der Waals surface area contributed by atoms with Gasteiger partial charge in [0.2, 0.25) is 5.95 Å². The SMILES string of the molecule is CSc1nc(N(C(=O)OC(C)(C)C)C2CC2)n2nccc2n1. The minimum absolute atomic E-state index is 0.117. The first-order chi connectivity index (χ1) is 10.4. The molecule has 2 aromatic rings. The molecule has 118 valence electrons. The van der Waals surface area contributed by atoms with Crippen LogP contribution in [0.1, 0.15) is 33.6 Å². The van der Waals surface area contributed by atoms with Crippen molar-refractivity contribution in [3.8, 4) is 0 Å². The van der Waals surface area contributed by atoms with Crippen LogP contribution in [0, 0.1) is 0 Å². The number of carbonyl (C=O) groups is 1. The lowest BCUT2D eigenvalue weighted by Gasteiger charge is -2.26. The molecule has 0 unspecified atom stereocenters. The van der Waals surface area contributed by atoms with E-state index in [1.54, 1.807) is 21.7 Å². The molecule has 0 radical (unpaired) electrons. The second-order valence-corrected chi connectivity index (χ2v) is 6.97. The zero-order chi connectivity index (χ0) is 15.9. The Morgan fingerprint density at radius 1 is 1.41 bits per heavy atom. The van der Waals surface area contributed by atoms with Crippen molar-refractivity contribution >= 4 is 29.5 Å². The number of hydrogen-bond acceptors (Lipinski definition) is 6. The van der Waals surface area contributed by atoms with Gasteiger partial charge in [-0.05, 0) is 39.9 Å². The van der Waals surface area contributed by atoms with Crippen molar-refractivity contribution in [1.82, 2.24) is 19.6 Å². The number of amides is 1. The Labute approximate surface area is 133 Å². The molecule has 1 amide bonds. The van der Waals surface area contributed by atoms with Gasteiger partial charge in [-0.15, -0.1) is 0 Å². The number of hydrogen-bond donors (Lipinski definition) is 0. The van der Waals surface area contributed by atoms with E-state index in [1.807, 2.05) is 27.0 Å². The highest BCUT2D eigenvalue weighted by Crippen LogP contribution is 2.32. The Kier molecular flexibility index (Phi) is 3.72. The summed E-state index contributed by atoms with van der Waals surface area (Å²) in [4.78, 5) is 23.1. The highest BCUT2D eigenvalue weighted by atomic mass is 32.2. The summed E-state index contributed by atoms with van der Waals surface area (Å²) in [7, 11) is 0. The van der Waals surface area contributed by atoms with Gasteiger partial charge in [-0.25, -0.2) is 14.7 Å². The van der Waals surface area contributed by atoms with Gasteiger partial charge >= 0.3 is 6.09 Å². The zero-order valence-corrected chi connectivity index (χ0v) is 13.9. The average Bonchev–Trinajstić information content (AvgIpc) is 3.13. The van der Waals surface area contributed by atoms with Crippen LogP contribution in [0.5, 0.6) is 0 Å². The monoisotopic (exact) mass is 321 g/mol. The van der Waals surface area contributed by atoms with E-state index >= 15 is 0 Å². The van der Waals surface area contributed by atoms with Crippen LogP contribution >= 0.6 is 11.8 Å². The van der Waals surface area contributed by atoms with Gasteiger partial charge in [-0.2, -0.15) is 14.6 Å². The van der Waals surface area contributed by atoms with E-state index in [9.17, 15) is 4.79 Å². The molecule has 0 saturated heterocycles. The van der Waals surface area contributed by atoms with Gasteiger partial charge in [0.1, 0.15) is 5.60 Å². The van der Waals surface area contributed by atoms with Crippen LogP contribution in [-0.4, -0.2) is 43.6 Å². The molecule has 0 aliphatic heterocycles. The van der Waals surface area contributed by atoms with E-state index in [0.717, 1.165) is 12.8 Å². The number of aromatic nitrogens is 4. The summed E-state index contributed by atoms with van der Waals surface area (Å²) >= 11 is 1.43. The molecule has 7 nitrogen and oxygen atoms in total. The van der Waals surface area contributed by atoms with Gasteiger partial charge in [0.15, 0.2) is 10.8 Å². The maximum atomic E-state index is 12.6. The highest BCUT2D eigenvalue weighted by molar-refractivity contribution is 7.98. The molecule has 8 heteroatoms. The summed E-state index contributed by atoms with van der Waals surface area (Å²) in [6, 6.07) is 1.91. The third-order valence-electron chi connectivity index (χ3n) is 3.12. The molecular weight excluding hydrogens is 302 g/mol. The van der Waals surface area contributed by atoms with Crippen LogP contribution in [0.4, 0.5) is 10.7 Å². The van der Waals surface area contributed by atoms with Crippen molar-refractivity contribution in [3.05, 3.63) is 12.3 Å². The Hall–Kier alpha value is -1.83. The van der Waals surface area contributed by atoms with E-state index in [2.05, 4.69) is 15.1 Å². The molecular formula is C14H19N5O2S. The molecule has 2 heterocycles. The van der Waals surface area contributed by atoms with Gasteiger partial charge in [0, 0.05) is 12.1 Å². The van der Waals surface area contributed by atoms with Gasteiger partial charge in [-0.1, -0.05) is 11.8 Å². The minimum Gasteiger partial charge on any atom is -0.443 e. The van der Waals surface area contributed by atoms with Gasteiger partial charge in [0.25, 0.3) is 0 Å². The quantitative estimate of drug-likeness (QED) is 0.809. The first-order valence-corrected chi connectivity index (χ1v) is 8.39. The third-order valence-corrected chi connectivity index (χ3v) is 3.67. The first-order valence-electron chi connectivity index (χ1n) is 7.17. The first kappa shape index (κ1) is 15.1. The second-order valence-electron chi connectivity index (χ2n) is 6.19. The molecule has 1 saturated carbocycles. The molecule has 0 aromatic carbocycles. The van der Waals surface area contributed by atoms with Crippen LogP contribution < -0.4 is 4.90 Å². The smallest absolute Gasteiger partial charge is 0.417 e. The topological polar surface area (TPSA) is 72.6 Å². The molecule has 0 bridgehead atoms. The number of nitrogens with zero attached hydrogens (tertiary/aromatic N) is 5. The van der Waals surface area contributed by atoms with Crippen molar-refractivity contribution in [2.24, 2.45) is 0 Å². The Balaban J connectivity index is 2.05. The molecule has 0 N–H and O–H groups in total. The van der Waals surface area contributed by atoms with Crippen molar-refractivity contribution in [2.75, 3.05) is 11.2 Å². The number of rotatable bonds is 3. The van der Waals surface area contributed by atoms with Gasteiger partial charge in [-0.3, -0.25) is 0 Å². The highest BCUT2D eigenvalue weighted by Gasteiger charge is 2.39. The number of fused-ring (bicyclic) bond motifs is 1. The lowest BCUT2D eigenvalue weighted by Crippen LogP contribution is -2.40. The Bertz CT molecular complexity index is 705. The Morgan fingerprint density at radius 3 is 2.73 bits per heavy atom. The van der Waals surface area contributed by atoms with E-state index in [0.29, 0.717) is 16.8 Å². The summed E-state index contributed by atoms with van der Waals surface area (Å²) in [6.45, 7) is 5.56. The normalized spacial score (nSPS) is 15.1. The standard InChI is InChI=1S/C14H19N5O2S/c1-14(2,3)21-13(20)18(9-5-6-9)12-17-11(22-4)16-10-7-8-15-19(10)12/h7-9H,5-6H2,1-4H3. The van der Waals surface area contributed by atoms with Crippen molar-refractivity contribution in [1.29, 1.82) is 0 Å². The number of ether oxygens (including phenoxy) is 1. The number of thioether (sulfide) groups is 1. The number of carbonyl (C=O) groups excluding carboxylic acids is 1. The van der Waals surface area contributed by atoms with Crippen molar-refractivity contribution < 1.29 is 9.53 Å². The van der Waals surface area contributed by atoms with Crippen LogP contribution in [0.25, 0.3) is 5.65 Å². The summed E-state index contributed by atoms with van der Waals surface area (Å²) in [5.41, 5.74) is 0.117. The van der Waals surface area contributed by atoms with E-state index in [4.69, 9.17) is 4.74 Å². The fraction of sp³-hybridized carbons (Fsp3) is 0.571. The predicted octanol–water partition coefficient (Wildman–Crippen LogP) is 2.75. The maximum Gasteiger partial charge on any atom is 0.417 e. The third kappa shape index (κ3) is 3.01. The minimum atomic E-state index is -0.553. The molecule has 22 heavy (non-hydrogen) atoms. The molecule has 3 rings (SSSR count). The van der Waals surface area contributed by atoms with Gasteiger partial charge < -0.3 is 4.74 Å². The van der Waals surface area contributed by atoms with E-state index < -0.39 is 11.7 Å². The molecule has 1 fully saturated rings. The second kappa shape index (κ2) is 5.42. The Morgan fingerprint density at radius 2 is 2.14 bits per heavy atom. The van der Waals surface area contributed by atoms with Crippen LogP contribution in [0.2, 0.25) is 0 Å². The zero-order valence-electron chi connectivity index (χ0n) is 13.1. The van der Waals surface area contributed by atoms with Crippen LogP contribution in [0.3, 0.4) is 0 Å². The molecule has 1 aliphatic carbocycles. The summed E-state index contributed by atoms with van der Waals surface area (Å²) in [5, 5.41) is 4.85. The lowest BCUT2D eigenvalue weighted by molar-refractivity contribution is 0.0574. The largest absolute Gasteiger partial charge is 0.443 e. The molecule has 2 aromatic heterocycles. The van der Waals surface area contributed by atoms with Crippen molar-refractivity contribution in [2.45, 2.75) is 50.4 Å². The summed E-state index contributed by atoms with van der Waals surface area (Å²) in [6.07, 6.45) is 5.05. The number of anilines is 1. The fourth-order valence-corrected chi connectivity index (χ4v) is 2.43. The van der Waals surface area contributed by atoms with E-state index in [1.165, 1.54) is 11.8 Å². The molecule has 0 atom stereocenters. The lowest BCUT2D eigenvalue weighted by atomic mass is 10.2. The van der Waals surface area contributed by atoms with E-state index in [-0.39, 0.29) is 6.04 Å². The van der Waals surface area contributed by atoms with Crippen molar-refractivity contribution in [3.63, 3.8) is 0 Å². The molecule has 1 aliphatic rings. The van der Waals surface area contributed by atoms with Crippen LogP contribution in [0.15, 0.2) is 17.4 Å². The maximum absolute atomic E-state index is 12.6. The fourth-order valence-electron chi connectivity index (χ4n) is 2.08. The predicted molar refractivity (Wildman–Crippen MR) is 84.3 cm³/mol. The summed E-state index contributed by atoms with van der Waals surface area (Å²) in [5.74, 6) is 0.469. The molecule has 0 spiro atoms. The summed E-state index contributed by atoms with van der Waals surface area (Å²) < 4.78 is 7.12. The van der Waals surface area contributed by atoms with Crippen LogP contribution in [-0.2, 0) is 4.74 Å². The average molecular weight is 321 g/mol. The van der Waals surface area contributed by atoms with Gasteiger partial charge in [0.05, 0.1) is 6.20 Å².